The molecule has 51 heavy (non-hydrogen) atoms. The van der Waals surface area contributed by atoms with E-state index in [1.807, 2.05) is 59.2 Å². The quantitative estimate of drug-likeness (QED) is 0.190. The maximum atomic E-state index is 12.8. The summed E-state index contributed by atoms with van der Waals surface area (Å²) in [5.41, 5.74) is 3.41. The molecular formula is C40H43ClN6O4. The summed E-state index contributed by atoms with van der Waals surface area (Å²) in [6.07, 6.45) is 7.20. The minimum Gasteiger partial charge on any atom is -0.508 e. The van der Waals surface area contributed by atoms with Gasteiger partial charge in [0.05, 0.1) is 39.1 Å². The number of fused-ring (bicyclic) bond motifs is 4. The number of rotatable bonds is 4. The van der Waals surface area contributed by atoms with E-state index < -0.39 is 0 Å². The van der Waals surface area contributed by atoms with Crippen molar-refractivity contribution in [2.45, 2.75) is 79.0 Å². The zero-order valence-electron chi connectivity index (χ0n) is 29.5. The Balaban J connectivity index is 0.000000150. The van der Waals surface area contributed by atoms with Gasteiger partial charge in [0.2, 0.25) is 0 Å². The second kappa shape index (κ2) is 15.0. The summed E-state index contributed by atoms with van der Waals surface area (Å²) in [6, 6.07) is 21.6. The van der Waals surface area contributed by atoms with E-state index in [4.69, 9.17) is 21.3 Å². The van der Waals surface area contributed by atoms with Gasteiger partial charge in [0.25, 0.3) is 11.1 Å². The summed E-state index contributed by atoms with van der Waals surface area (Å²) in [6.45, 7) is 10.6. The summed E-state index contributed by atoms with van der Waals surface area (Å²) < 4.78 is 9.42. The summed E-state index contributed by atoms with van der Waals surface area (Å²) in [5.74, 6) is 3.05. The molecule has 6 aromatic rings. The van der Waals surface area contributed by atoms with Crippen LogP contribution in [0, 0.1) is 10.8 Å². The van der Waals surface area contributed by atoms with Gasteiger partial charge in [0.15, 0.2) is 0 Å². The van der Waals surface area contributed by atoms with Gasteiger partial charge in [0, 0.05) is 50.5 Å². The van der Waals surface area contributed by atoms with Crippen molar-refractivity contribution in [1.29, 1.82) is 0 Å². The number of benzene rings is 2. The van der Waals surface area contributed by atoms with Crippen molar-refractivity contribution >= 4 is 33.4 Å². The Morgan fingerprint density at radius 2 is 1.25 bits per heavy atom. The van der Waals surface area contributed by atoms with E-state index in [2.05, 4.69) is 42.6 Å². The number of hydrogen-bond acceptors (Lipinski definition) is 8. The van der Waals surface area contributed by atoms with Crippen molar-refractivity contribution < 1.29 is 9.84 Å². The van der Waals surface area contributed by atoms with Crippen molar-refractivity contribution in [1.82, 2.24) is 29.1 Å². The molecule has 2 aliphatic heterocycles. The van der Waals surface area contributed by atoms with Crippen molar-refractivity contribution in [2.24, 2.45) is 10.8 Å². The molecule has 0 saturated heterocycles. The Labute approximate surface area is 301 Å². The van der Waals surface area contributed by atoms with Crippen molar-refractivity contribution in [3.63, 3.8) is 0 Å². The molecule has 0 aliphatic carbocycles. The Hall–Kier alpha value is -5.09. The number of pyridine rings is 2. The van der Waals surface area contributed by atoms with E-state index >= 15 is 0 Å². The lowest BCUT2D eigenvalue weighted by atomic mass is 9.85. The van der Waals surface area contributed by atoms with Crippen LogP contribution in [0.3, 0.4) is 0 Å². The number of alkyl halides is 1. The van der Waals surface area contributed by atoms with Crippen LogP contribution in [0.15, 0.2) is 94.8 Å². The lowest BCUT2D eigenvalue weighted by Gasteiger charge is -2.31. The molecule has 4 aromatic heterocycles. The second-order valence-corrected chi connectivity index (χ2v) is 14.9. The van der Waals surface area contributed by atoms with Crippen LogP contribution in [0.25, 0.3) is 21.8 Å². The third-order valence-corrected chi connectivity index (χ3v) is 9.50. The average molecular weight is 707 g/mol. The largest absolute Gasteiger partial charge is 0.508 e. The highest BCUT2D eigenvalue weighted by Crippen LogP contribution is 2.31. The third-order valence-electron chi connectivity index (χ3n) is 9.22. The van der Waals surface area contributed by atoms with Gasteiger partial charge in [-0.25, -0.2) is 9.97 Å². The predicted molar refractivity (Wildman–Crippen MR) is 200 cm³/mol. The summed E-state index contributed by atoms with van der Waals surface area (Å²) in [4.78, 5) is 42.7. The number of aromatic hydroxyl groups is 1. The molecule has 264 valence electrons. The number of phenols is 1. The molecule has 1 N–H and O–H groups in total. The molecule has 0 spiro atoms. The van der Waals surface area contributed by atoms with Crippen LogP contribution >= 0.6 is 11.6 Å². The van der Waals surface area contributed by atoms with Crippen molar-refractivity contribution in [2.75, 3.05) is 0 Å². The van der Waals surface area contributed by atoms with Crippen LogP contribution < -0.4 is 15.9 Å². The van der Waals surface area contributed by atoms with E-state index in [0.717, 1.165) is 55.3 Å². The van der Waals surface area contributed by atoms with Crippen LogP contribution in [-0.2, 0) is 38.4 Å². The zero-order chi connectivity index (χ0) is 36.2. The molecule has 0 bridgehead atoms. The van der Waals surface area contributed by atoms with E-state index in [-0.39, 0.29) is 27.7 Å². The first-order valence-corrected chi connectivity index (χ1v) is 17.7. The summed E-state index contributed by atoms with van der Waals surface area (Å²) in [7, 11) is 0. The highest BCUT2D eigenvalue weighted by molar-refractivity contribution is 6.16. The maximum Gasteiger partial charge on any atom is 0.261 e. The molecule has 0 radical (unpaired) electrons. The first-order valence-electron chi connectivity index (χ1n) is 17.2. The lowest BCUT2D eigenvalue weighted by Crippen LogP contribution is -2.36. The number of aryl methyl sites for hydroxylation is 2. The minimum absolute atomic E-state index is 0.00257. The monoisotopic (exact) mass is 706 g/mol. The maximum absolute atomic E-state index is 12.8. The molecule has 0 atom stereocenters. The number of hydrogen-bond donors (Lipinski definition) is 1. The third kappa shape index (κ3) is 8.63. The molecule has 10 nitrogen and oxygen atoms in total. The Morgan fingerprint density at radius 1 is 0.725 bits per heavy atom. The van der Waals surface area contributed by atoms with Crippen LogP contribution in [-0.4, -0.2) is 34.2 Å². The molecule has 0 saturated carbocycles. The van der Waals surface area contributed by atoms with E-state index in [0.29, 0.717) is 46.6 Å². The van der Waals surface area contributed by atoms with Crippen LogP contribution in [0.1, 0.15) is 63.6 Å². The average Bonchev–Trinajstić information content (AvgIpc) is 3.12. The van der Waals surface area contributed by atoms with E-state index in [9.17, 15) is 14.7 Å². The van der Waals surface area contributed by atoms with Gasteiger partial charge in [0.1, 0.15) is 29.8 Å². The van der Waals surface area contributed by atoms with Gasteiger partial charge in [-0.3, -0.25) is 28.7 Å². The molecule has 6 heterocycles. The van der Waals surface area contributed by atoms with Gasteiger partial charge < -0.3 is 9.84 Å². The topological polar surface area (TPSA) is 125 Å². The smallest absolute Gasteiger partial charge is 0.261 e. The minimum atomic E-state index is 0.00257. The van der Waals surface area contributed by atoms with Crippen LogP contribution in [0.5, 0.6) is 11.5 Å². The molecule has 0 amide bonds. The number of phenolic OH excluding ortho intramolecular Hbond substituents is 1. The highest BCUT2D eigenvalue weighted by Gasteiger charge is 2.28. The first kappa shape index (κ1) is 35.7. The predicted octanol–water partition coefficient (Wildman–Crippen LogP) is 7.24. The number of ether oxygens (including phenoxy) is 1. The fourth-order valence-electron chi connectivity index (χ4n) is 6.33. The summed E-state index contributed by atoms with van der Waals surface area (Å²) >= 11 is 5.46. The van der Waals surface area contributed by atoms with Gasteiger partial charge in [-0.2, -0.15) is 0 Å². The van der Waals surface area contributed by atoms with Gasteiger partial charge in [-0.15, -0.1) is 11.6 Å². The Morgan fingerprint density at radius 3 is 1.76 bits per heavy atom. The zero-order valence-corrected chi connectivity index (χ0v) is 30.2. The number of halogens is 1. The van der Waals surface area contributed by atoms with E-state index in [1.165, 1.54) is 6.07 Å². The first-order chi connectivity index (χ1) is 24.4. The van der Waals surface area contributed by atoms with Crippen LogP contribution in [0.2, 0.25) is 0 Å². The van der Waals surface area contributed by atoms with Gasteiger partial charge in [-0.1, -0.05) is 39.8 Å². The molecule has 2 aliphatic rings. The molecule has 0 fully saturated rings. The normalized spacial score (nSPS) is 15.4. The van der Waals surface area contributed by atoms with Crippen molar-refractivity contribution in [3.8, 4) is 11.5 Å². The molecular weight excluding hydrogens is 664 g/mol. The standard InChI is InChI=1S/C20H21N3O2.C14H16N2O2.C6H6ClN/c1-20(2)9-8-18-22-17-11-15(25-12-14-5-3-4-10-21-14)6-7-16(17)19(24)23(18)13-20;1-14(2)6-5-12-15-11-7-9(17)3-4-10(11)13(18)16(12)8-14;7-5-6-3-1-2-4-8-6/h3-7,10-11H,8-9,12-13H2,1-2H3;3-4,7,17H,5-6,8H2,1-2H3;1-4H,5H2. The molecule has 0 unspecified atom stereocenters. The highest BCUT2D eigenvalue weighted by atomic mass is 35.5. The second-order valence-electron chi connectivity index (χ2n) is 14.6. The fourth-order valence-corrected chi connectivity index (χ4v) is 6.49. The molecule has 2 aromatic carbocycles. The SMILES string of the molecule is CC1(C)CCc2nc3cc(O)ccc3c(=O)n2C1.CC1(C)CCc2nc3cc(OCc4ccccn4)ccc3c(=O)n2C1.ClCc1ccccn1. The van der Waals surface area contributed by atoms with Crippen molar-refractivity contribution in [3.05, 3.63) is 129 Å². The van der Waals surface area contributed by atoms with Gasteiger partial charge >= 0.3 is 0 Å². The lowest BCUT2D eigenvalue weighted by molar-refractivity contribution is 0.240. The summed E-state index contributed by atoms with van der Waals surface area (Å²) in [5, 5.41) is 10.7. The fraction of sp³-hybridized carbons (Fsp3) is 0.350. The Kier molecular flexibility index (Phi) is 10.5. The Bertz CT molecular complexity index is 2270. The van der Waals surface area contributed by atoms with Gasteiger partial charge in [-0.05, 0) is 72.2 Å². The number of aromatic nitrogens is 6. The van der Waals surface area contributed by atoms with E-state index in [1.54, 1.807) is 29.1 Å². The number of nitrogens with zero attached hydrogens (tertiary/aromatic N) is 6. The molecule has 8 rings (SSSR count). The van der Waals surface area contributed by atoms with Crippen LogP contribution in [0.4, 0.5) is 0 Å². The molecule has 11 heteroatoms.